The molecule has 1 aromatic carbocycles. The smallest absolute Gasteiger partial charge is 0.116 e. The van der Waals surface area contributed by atoms with Crippen LogP contribution in [0.4, 0.5) is 5.69 Å². The number of aromatic nitrogens is 3. The summed E-state index contributed by atoms with van der Waals surface area (Å²) in [5.41, 5.74) is 10.7. The lowest BCUT2D eigenvalue weighted by Crippen LogP contribution is -1.94. The van der Waals surface area contributed by atoms with Gasteiger partial charge in [-0.05, 0) is 25.1 Å². The molecular weight excluding hydrogens is 236 g/mol. The van der Waals surface area contributed by atoms with Gasteiger partial charge in [0.05, 0.1) is 17.6 Å². The van der Waals surface area contributed by atoms with Crippen molar-refractivity contribution in [3.63, 3.8) is 0 Å². The van der Waals surface area contributed by atoms with E-state index >= 15 is 0 Å². The Balaban J connectivity index is 2.08. The van der Waals surface area contributed by atoms with Crippen molar-refractivity contribution in [2.24, 2.45) is 0 Å². The highest BCUT2D eigenvalue weighted by Crippen LogP contribution is 2.25. The van der Waals surface area contributed by atoms with Crippen LogP contribution in [0.3, 0.4) is 0 Å². The average Bonchev–Trinajstić information content (AvgIpc) is 2.82. The first-order valence-corrected chi connectivity index (χ1v) is 6.06. The summed E-state index contributed by atoms with van der Waals surface area (Å²) >= 11 is 0. The number of anilines is 1. The quantitative estimate of drug-likeness (QED) is 0.760. The Morgan fingerprint density at radius 2 is 1.89 bits per heavy atom. The van der Waals surface area contributed by atoms with Crippen LogP contribution in [0.2, 0.25) is 0 Å². The number of nitrogens with zero attached hydrogens (tertiary/aromatic N) is 3. The van der Waals surface area contributed by atoms with Crippen LogP contribution in [0.15, 0.2) is 55.0 Å². The standard InChI is InChI=1S/C15H14N4/c1-11-3-2-4-12(9-11)15-14(16)10-19(18-15)13-5-7-17-8-6-13/h2-10H,16H2,1H3. The zero-order valence-electron chi connectivity index (χ0n) is 10.6. The minimum Gasteiger partial charge on any atom is -0.396 e. The molecule has 4 nitrogen and oxygen atoms in total. The van der Waals surface area contributed by atoms with E-state index < -0.39 is 0 Å². The number of nitrogens with two attached hydrogens (primary N) is 1. The summed E-state index contributed by atoms with van der Waals surface area (Å²) in [6.45, 7) is 2.06. The molecule has 0 spiro atoms. The molecule has 94 valence electrons. The van der Waals surface area contributed by atoms with Gasteiger partial charge in [0.1, 0.15) is 5.69 Å². The summed E-state index contributed by atoms with van der Waals surface area (Å²) < 4.78 is 1.77. The van der Waals surface area contributed by atoms with Crippen LogP contribution in [0.1, 0.15) is 5.56 Å². The van der Waals surface area contributed by atoms with Crippen LogP contribution in [0.5, 0.6) is 0 Å². The molecule has 3 aromatic rings. The fraction of sp³-hybridized carbons (Fsp3) is 0.0667. The second-order valence-electron chi connectivity index (χ2n) is 4.45. The van der Waals surface area contributed by atoms with Gasteiger partial charge in [0, 0.05) is 18.0 Å². The van der Waals surface area contributed by atoms with Crippen molar-refractivity contribution in [1.29, 1.82) is 0 Å². The Kier molecular flexibility index (Phi) is 2.76. The number of nitrogen functional groups attached to an aromatic ring is 1. The number of pyridine rings is 1. The van der Waals surface area contributed by atoms with E-state index in [9.17, 15) is 0 Å². The number of rotatable bonds is 2. The molecule has 2 N–H and O–H groups in total. The van der Waals surface area contributed by atoms with E-state index in [4.69, 9.17) is 5.73 Å². The van der Waals surface area contributed by atoms with Gasteiger partial charge in [-0.15, -0.1) is 0 Å². The summed E-state index contributed by atoms with van der Waals surface area (Å²) in [6, 6.07) is 12.0. The minimum absolute atomic E-state index is 0.669. The lowest BCUT2D eigenvalue weighted by Gasteiger charge is -2.01. The molecule has 4 heteroatoms. The van der Waals surface area contributed by atoms with Gasteiger partial charge in [-0.2, -0.15) is 5.10 Å². The zero-order chi connectivity index (χ0) is 13.2. The first-order chi connectivity index (χ1) is 9.24. The predicted octanol–water partition coefficient (Wildman–Crippen LogP) is 2.82. The van der Waals surface area contributed by atoms with Crippen molar-refractivity contribution in [1.82, 2.24) is 14.8 Å². The van der Waals surface area contributed by atoms with Crippen molar-refractivity contribution in [2.75, 3.05) is 5.73 Å². The fourth-order valence-electron chi connectivity index (χ4n) is 2.03. The van der Waals surface area contributed by atoms with Crippen LogP contribution in [-0.2, 0) is 0 Å². The molecule has 0 aliphatic carbocycles. The fourth-order valence-corrected chi connectivity index (χ4v) is 2.03. The summed E-state index contributed by atoms with van der Waals surface area (Å²) in [5, 5.41) is 4.56. The third-order valence-electron chi connectivity index (χ3n) is 2.96. The molecule has 0 fully saturated rings. The molecule has 2 aromatic heterocycles. The normalized spacial score (nSPS) is 10.6. The van der Waals surface area contributed by atoms with Gasteiger partial charge >= 0.3 is 0 Å². The molecule has 0 aliphatic rings. The van der Waals surface area contributed by atoms with Crippen molar-refractivity contribution in [2.45, 2.75) is 6.92 Å². The SMILES string of the molecule is Cc1cccc(-c2nn(-c3ccncc3)cc2N)c1. The molecule has 0 aliphatic heterocycles. The van der Waals surface area contributed by atoms with E-state index in [0.29, 0.717) is 5.69 Å². The van der Waals surface area contributed by atoms with E-state index in [1.807, 2.05) is 30.5 Å². The Labute approximate surface area is 111 Å². The molecule has 2 heterocycles. The van der Waals surface area contributed by atoms with Crippen LogP contribution in [-0.4, -0.2) is 14.8 Å². The Bertz CT molecular complexity index is 701. The third kappa shape index (κ3) is 2.20. The number of benzene rings is 1. The lowest BCUT2D eigenvalue weighted by molar-refractivity contribution is 0.881. The number of aryl methyl sites for hydroxylation is 1. The second-order valence-corrected chi connectivity index (χ2v) is 4.45. The zero-order valence-corrected chi connectivity index (χ0v) is 10.6. The van der Waals surface area contributed by atoms with Gasteiger partial charge in [0.15, 0.2) is 0 Å². The highest BCUT2D eigenvalue weighted by molar-refractivity contribution is 5.72. The predicted molar refractivity (Wildman–Crippen MR) is 75.9 cm³/mol. The maximum atomic E-state index is 6.06. The van der Waals surface area contributed by atoms with Crippen LogP contribution in [0, 0.1) is 6.92 Å². The molecular formula is C15H14N4. The van der Waals surface area contributed by atoms with Crippen LogP contribution in [0.25, 0.3) is 16.9 Å². The maximum absolute atomic E-state index is 6.06. The monoisotopic (exact) mass is 250 g/mol. The highest BCUT2D eigenvalue weighted by atomic mass is 15.3. The summed E-state index contributed by atoms with van der Waals surface area (Å²) in [6.07, 6.45) is 5.30. The maximum Gasteiger partial charge on any atom is 0.116 e. The summed E-state index contributed by atoms with van der Waals surface area (Å²) in [7, 11) is 0. The molecule has 0 saturated heterocycles. The van der Waals surface area contributed by atoms with E-state index in [0.717, 1.165) is 16.9 Å². The van der Waals surface area contributed by atoms with E-state index in [2.05, 4.69) is 29.1 Å². The van der Waals surface area contributed by atoms with E-state index in [1.165, 1.54) is 5.56 Å². The van der Waals surface area contributed by atoms with Gasteiger partial charge in [-0.1, -0.05) is 23.8 Å². The van der Waals surface area contributed by atoms with Crippen molar-refractivity contribution in [3.8, 4) is 16.9 Å². The molecule has 0 bridgehead atoms. The molecule has 0 radical (unpaired) electrons. The van der Waals surface area contributed by atoms with Crippen molar-refractivity contribution < 1.29 is 0 Å². The van der Waals surface area contributed by atoms with Crippen LogP contribution >= 0.6 is 0 Å². The highest BCUT2D eigenvalue weighted by Gasteiger charge is 2.09. The largest absolute Gasteiger partial charge is 0.396 e. The topological polar surface area (TPSA) is 56.7 Å². The Hall–Kier alpha value is -2.62. The first-order valence-electron chi connectivity index (χ1n) is 6.06. The van der Waals surface area contributed by atoms with Gasteiger partial charge < -0.3 is 5.73 Å². The molecule has 0 atom stereocenters. The Morgan fingerprint density at radius 3 is 2.63 bits per heavy atom. The second kappa shape index (κ2) is 4.57. The third-order valence-corrected chi connectivity index (χ3v) is 2.96. The number of hydrogen-bond acceptors (Lipinski definition) is 3. The van der Waals surface area contributed by atoms with Gasteiger partial charge in [-0.25, -0.2) is 4.68 Å². The van der Waals surface area contributed by atoms with Gasteiger partial charge in [0.25, 0.3) is 0 Å². The number of hydrogen-bond donors (Lipinski definition) is 1. The molecule has 0 saturated carbocycles. The van der Waals surface area contributed by atoms with E-state index in [-0.39, 0.29) is 0 Å². The molecule has 0 amide bonds. The lowest BCUT2D eigenvalue weighted by atomic mass is 10.1. The molecule has 0 unspecified atom stereocenters. The molecule has 19 heavy (non-hydrogen) atoms. The van der Waals surface area contributed by atoms with Crippen molar-refractivity contribution in [3.05, 3.63) is 60.6 Å². The van der Waals surface area contributed by atoms with Crippen molar-refractivity contribution >= 4 is 5.69 Å². The molecule has 3 rings (SSSR count). The first kappa shape index (κ1) is 11.5. The Morgan fingerprint density at radius 1 is 1.11 bits per heavy atom. The average molecular weight is 250 g/mol. The van der Waals surface area contributed by atoms with E-state index in [1.54, 1.807) is 17.1 Å². The van der Waals surface area contributed by atoms with Gasteiger partial charge in [-0.3, -0.25) is 4.98 Å². The minimum atomic E-state index is 0.669. The van der Waals surface area contributed by atoms with Gasteiger partial charge in [0.2, 0.25) is 0 Å². The summed E-state index contributed by atoms with van der Waals surface area (Å²) in [5.74, 6) is 0. The summed E-state index contributed by atoms with van der Waals surface area (Å²) in [4.78, 5) is 4.00. The van der Waals surface area contributed by atoms with Crippen LogP contribution < -0.4 is 5.73 Å².